The van der Waals surface area contributed by atoms with Crippen LogP contribution in [0.2, 0.25) is 0 Å². The van der Waals surface area contributed by atoms with Crippen LogP contribution in [0.15, 0.2) is 59.7 Å². The fraction of sp³-hybridized carbons (Fsp3) is 0.192. The van der Waals surface area contributed by atoms with E-state index < -0.39 is 13.0 Å². The summed E-state index contributed by atoms with van der Waals surface area (Å²) in [5.74, 6) is -1.09. The number of rotatable bonds is 2. The van der Waals surface area contributed by atoms with E-state index in [9.17, 15) is 24.4 Å². The second-order valence-corrected chi connectivity index (χ2v) is 8.95. The Balaban J connectivity index is 1.62. The second-order valence-electron chi connectivity index (χ2n) is 8.95. The largest absolute Gasteiger partial charge is 0.488 e. The summed E-state index contributed by atoms with van der Waals surface area (Å²) < 4.78 is 0. The molecule has 3 aromatic rings. The first-order chi connectivity index (χ1) is 15.4. The number of carbonyl (C=O) groups is 3. The number of hydrogen-bond donors (Lipinski definition) is 2. The molecule has 0 heterocycles. The topological polar surface area (TPSA) is 91.7 Å². The van der Waals surface area contributed by atoms with Gasteiger partial charge in [-0.3, -0.25) is 14.4 Å². The Labute approximate surface area is 184 Å². The van der Waals surface area contributed by atoms with E-state index in [1.54, 1.807) is 24.3 Å². The van der Waals surface area contributed by atoms with Crippen LogP contribution in [0.4, 0.5) is 0 Å². The van der Waals surface area contributed by atoms with E-state index in [0.717, 1.165) is 16.3 Å². The Morgan fingerprint density at radius 1 is 0.969 bits per heavy atom. The molecule has 3 aromatic carbocycles. The number of ketones is 3. The zero-order valence-electron chi connectivity index (χ0n) is 17.4. The summed E-state index contributed by atoms with van der Waals surface area (Å²) in [6, 6.07) is 14.6. The molecular formula is C26H19BO5. The molecule has 32 heavy (non-hydrogen) atoms. The molecule has 6 heteroatoms. The van der Waals surface area contributed by atoms with Crippen LogP contribution in [0.25, 0.3) is 10.8 Å². The molecule has 3 aliphatic carbocycles. The van der Waals surface area contributed by atoms with Crippen LogP contribution in [0.3, 0.4) is 0 Å². The fourth-order valence-electron chi connectivity index (χ4n) is 5.97. The van der Waals surface area contributed by atoms with E-state index in [1.807, 2.05) is 24.3 Å². The summed E-state index contributed by atoms with van der Waals surface area (Å²) in [6.07, 6.45) is 0.978. The smallest absolute Gasteiger partial charge is 0.423 e. The van der Waals surface area contributed by atoms with Gasteiger partial charge in [0.05, 0.1) is 0 Å². The van der Waals surface area contributed by atoms with Gasteiger partial charge in [0.15, 0.2) is 17.3 Å². The number of hydrogen-bond acceptors (Lipinski definition) is 5. The number of fused-ring (bicyclic) bond motifs is 9. The van der Waals surface area contributed by atoms with Crippen LogP contribution in [-0.2, 0) is 0 Å². The molecule has 2 atom stereocenters. The Hall–Kier alpha value is -3.35. The van der Waals surface area contributed by atoms with Crippen molar-refractivity contribution in [3.63, 3.8) is 0 Å². The van der Waals surface area contributed by atoms with Gasteiger partial charge in [-0.05, 0) is 65.2 Å². The minimum atomic E-state index is -1.77. The van der Waals surface area contributed by atoms with Gasteiger partial charge in [-0.1, -0.05) is 36.4 Å². The number of Topliss-reactive ketones (excluding diaryl/α,β-unsaturated/α-hetero) is 3. The molecule has 2 N–H and O–H groups in total. The lowest BCUT2D eigenvalue weighted by atomic mass is 9.57. The summed E-state index contributed by atoms with van der Waals surface area (Å²) in [5, 5.41) is 21.8. The highest BCUT2D eigenvalue weighted by atomic mass is 16.4. The maximum absolute atomic E-state index is 13.8. The molecule has 0 radical (unpaired) electrons. The molecular weight excluding hydrogens is 403 g/mol. The molecule has 6 rings (SSSR count). The predicted octanol–water partition coefficient (Wildman–Crippen LogP) is 3.07. The molecule has 0 amide bonds. The zero-order chi connectivity index (χ0) is 22.3. The Morgan fingerprint density at radius 2 is 1.62 bits per heavy atom. The minimum Gasteiger partial charge on any atom is -0.423 e. The third kappa shape index (κ3) is 2.45. The normalized spacial score (nSPS) is 20.8. The summed E-state index contributed by atoms with van der Waals surface area (Å²) in [6.45, 7) is 1.46. The van der Waals surface area contributed by atoms with Gasteiger partial charge in [0, 0.05) is 33.8 Å². The van der Waals surface area contributed by atoms with Crippen molar-refractivity contribution in [2.24, 2.45) is 0 Å². The molecule has 0 saturated heterocycles. The first kappa shape index (κ1) is 19.3. The van der Waals surface area contributed by atoms with Crippen molar-refractivity contribution >= 4 is 40.7 Å². The highest BCUT2D eigenvalue weighted by Gasteiger charge is 2.47. The van der Waals surface area contributed by atoms with Crippen LogP contribution in [0.1, 0.15) is 73.8 Å². The van der Waals surface area contributed by atoms with Gasteiger partial charge >= 0.3 is 7.12 Å². The van der Waals surface area contributed by atoms with Crippen molar-refractivity contribution in [3.05, 3.63) is 87.5 Å². The maximum Gasteiger partial charge on any atom is 0.488 e. The number of benzene rings is 3. The minimum absolute atomic E-state index is 0.0613. The Kier molecular flexibility index (Phi) is 3.98. The standard InChI is InChI=1S/C26H19BO5/c1-12(28)22-16-6-7-21(27(31)32)24(22)19-10-15(16)11-20-23(19)26(30)18-9-14-5-3-2-4-13(14)8-17(18)25(20)29/h2-9,15,19,31-32H,10-11H2,1H3/t15-,19+/m1/s1. The first-order valence-corrected chi connectivity index (χ1v) is 10.8. The fourth-order valence-corrected chi connectivity index (χ4v) is 5.97. The third-order valence-electron chi connectivity index (χ3n) is 7.27. The van der Waals surface area contributed by atoms with Crippen molar-refractivity contribution < 1.29 is 24.4 Å². The summed E-state index contributed by atoms with van der Waals surface area (Å²) in [7, 11) is -1.77. The van der Waals surface area contributed by atoms with E-state index in [0.29, 0.717) is 46.2 Å². The summed E-state index contributed by atoms with van der Waals surface area (Å²) in [4.78, 5) is 40.0. The predicted molar refractivity (Wildman–Crippen MR) is 121 cm³/mol. The van der Waals surface area contributed by atoms with Gasteiger partial charge in [0.1, 0.15) is 0 Å². The second kappa shape index (κ2) is 6.58. The average molecular weight is 422 g/mol. The SMILES string of the molecule is CC(=O)c1c2ccc(B(O)O)c1[C@H]1C[C@@H]2CC2=C1C(=O)c1cc3ccccc3cc1C2=O. The van der Waals surface area contributed by atoms with Gasteiger partial charge < -0.3 is 10.0 Å². The number of allylic oxidation sites excluding steroid dienone is 2. The molecule has 5 nitrogen and oxygen atoms in total. The van der Waals surface area contributed by atoms with Gasteiger partial charge in [-0.25, -0.2) is 0 Å². The summed E-state index contributed by atoms with van der Waals surface area (Å²) >= 11 is 0. The van der Waals surface area contributed by atoms with Gasteiger partial charge in [0.2, 0.25) is 0 Å². The van der Waals surface area contributed by atoms with Crippen molar-refractivity contribution in [2.45, 2.75) is 31.6 Å². The lowest BCUT2D eigenvalue weighted by Crippen LogP contribution is -2.42. The Bertz CT molecular complexity index is 1430. The highest BCUT2D eigenvalue weighted by molar-refractivity contribution is 6.59. The summed E-state index contributed by atoms with van der Waals surface area (Å²) in [5.41, 5.74) is 3.71. The lowest BCUT2D eigenvalue weighted by molar-refractivity contribution is 0.0956. The average Bonchev–Trinajstić information content (AvgIpc) is 2.79. The maximum atomic E-state index is 13.8. The van der Waals surface area contributed by atoms with Crippen molar-refractivity contribution in [1.29, 1.82) is 0 Å². The quantitative estimate of drug-likeness (QED) is 0.489. The van der Waals surface area contributed by atoms with Crippen molar-refractivity contribution in [1.82, 2.24) is 0 Å². The van der Waals surface area contributed by atoms with Gasteiger partial charge in [-0.2, -0.15) is 0 Å². The molecule has 0 saturated carbocycles. The molecule has 156 valence electrons. The third-order valence-corrected chi connectivity index (χ3v) is 7.27. The number of carbonyl (C=O) groups excluding carboxylic acids is 3. The van der Waals surface area contributed by atoms with E-state index >= 15 is 0 Å². The molecule has 0 fully saturated rings. The van der Waals surface area contributed by atoms with Crippen LogP contribution in [0, 0.1) is 0 Å². The van der Waals surface area contributed by atoms with E-state index in [-0.39, 0.29) is 28.7 Å². The first-order valence-electron chi connectivity index (χ1n) is 10.8. The molecule has 0 aliphatic heterocycles. The zero-order valence-corrected chi connectivity index (χ0v) is 17.4. The van der Waals surface area contributed by atoms with Gasteiger partial charge in [-0.15, -0.1) is 0 Å². The molecule has 0 aromatic heterocycles. The van der Waals surface area contributed by atoms with E-state index in [2.05, 4.69) is 0 Å². The highest BCUT2D eigenvalue weighted by Crippen LogP contribution is 2.53. The Morgan fingerprint density at radius 3 is 2.25 bits per heavy atom. The van der Waals surface area contributed by atoms with Crippen molar-refractivity contribution in [3.8, 4) is 0 Å². The lowest BCUT2D eigenvalue weighted by Gasteiger charge is -2.42. The van der Waals surface area contributed by atoms with Crippen LogP contribution in [-0.4, -0.2) is 34.5 Å². The van der Waals surface area contributed by atoms with E-state index in [4.69, 9.17) is 0 Å². The molecule has 0 unspecified atom stereocenters. The van der Waals surface area contributed by atoms with Crippen LogP contribution < -0.4 is 5.46 Å². The molecule has 0 spiro atoms. The van der Waals surface area contributed by atoms with Crippen LogP contribution >= 0.6 is 0 Å². The van der Waals surface area contributed by atoms with Crippen LogP contribution in [0.5, 0.6) is 0 Å². The van der Waals surface area contributed by atoms with Crippen molar-refractivity contribution in [2.75, 3.05) is 0 Å². The van der Waals surface area contributed by atoms with Gasteiger partial charge in [0.25, 0.3) is 0 Å². The monoisotopic (exact) mass is 422 g/mol. The molecule has 3 aliphatic rings. The van der Waals surface area contributed by atoms with E-state index in [1.165, 1.54) is 6.92 Å². The molecule has 4 bridgehead atoms.